The highest BCUT2D eigenvalue weighted by Gasteiger charge is 2.37. The van der Waals surface area contributed by atoms with E-state index < -0.39 is 11.6 Å². The number of carboxylic acids is 1. The maximum Gasteiger partial charge on any atom is 0.335 e. The molecule has 2 aromatic carbocycles. The van der Waals surface area contributed by atoms with Crippen LogP contribution < -0.4 is 9.47 Å². The van der Waals surface area contributed by atoms with Gasteiger partial charge in [0.15, 0.2) is 0 Å². The van der Waals surface area contributed by atoms with Gasteiger partial charge in [0.25, 0.3) is 0 Å². The lowest BCUT2D eigenvalue weighted by Crippen LogP contribution is -2.29. The molecule has 0 saturated heterocycles. The van der Waals surface area contributed by atoms with Crippen LogP contribution >= 0.6 is 0 Å². The number of ether oxygens (including phenoxy) is 2. The number of aryl methyl sites for hydroxylation is 1. The van der Waals surface area contributed by atoms with E-state index in [9.17, 15) is 9.90 Å². The highest BCUT2D eigenvalue weighted by molar-refractivity contribution is 5.92. The Balaban J connectivity index is 1.90. The Labute approximate surface area is 160 Å². The number of rotatable bonds is 5. The standard InChI is InChI=1S/C23H26O4/c1-4-5-6-7-14-13-19-20(21-16(14)10-11-26-21)17-12-15(22(24)25)8-9-18(17)23(2,3)27-19/h8-9,12-13H,4-7,10-11H2,1-3H3,(H,24,25). The van der Waals surface area contributed by atoms with E-state index in [1.165, 1.54) is 24.0 Å². The first-order valence-electron chi connectivity index (χ1n) is 9.81. The van der Waals surface area contributed by atoms with Crippen LogP contribution in [-0.2, 0) is 18.4 Å². The quantitative estimate of drug-likeness (QED) is 0.725. The molecule has 0 aliphatic carbocycles. The van der Waals surface area contributed by atoms with Crippen molar-refractivity contribution >= 4 is 5.97 Å². The SMILES string of the molecule is CCCCCc1cc2c(c3c1CCO3)-c1cc(C(=O)O)ccc1C(C)(C)O2. The van der Waals surface area contributed by atoms with Gasteiger partial charge in [-0.2, -0.15) is 0 Å². The molecule has 0 fully saturated rings. The molecular formula is C23H26O4. The van der Waals surface area contributed by atoms with Crippen LogP contribution in [0.2, 0.25) is 0 Å². The van der Waals surface area contributed by atoms with E-state index in [-0.39, 0.29) is 5.56 Å². The molecule has 2 heterocycles. The molecule has 0 spiro atoms. The maximum atomic E-state index is 11.5. The third-order valence-electron chi connectivity index (χ3n) is 5.64. The summed E-state index contributed by atoms with van der Waals surface area (Å²) in [5.74, 6) is 0.776. The second kappa shape index (κ2) is 6.59. The molecule has 4 nitrogen and oxygen atoms in total. The van der Waals surface area contributed by atoms with E-state index in [4.69, 9.17) is 9.47 Å². The normalized spacial score (nSPS) is 16.0. The molecule has 0 unspecified atom stereocenters. The fourth-order valence-corrected chi connectivity index (χ4v) is 4.28. The van der Waals surface area contributed by atoms with Gasteiger partial charge in [0.05, 0.1) is 17.7 Å². The molecule has 2 aliphatic heterocycles. The zero-order chi connectivity index (χ0) is 19.2. The number of carbonyl (C=O) groups is 1. The lowest BCUT2D eigenvalue weighted by atomic mass is 9.83. The number of benzene rings is 2. The van der Waals surface area contributed by atoms with E-state index in [1.807, 2.05) is 19.9 Å². The van der Waals surface area contributed by atoms with Crippen molar-refractivity contribution < 1.29 is 19.4 Å². The number of hydrogen-bond donors (Lipinski definition) is 1. The predicted octanol–water partition coefficient (Wildman–Crippen LogP) is 5.35. The Bertz CT molecular complexity index is 911. The summed E-state index contributed by atoms with van der Waals surface area (Å²) in [6, 6.07) is 7.45. The molecule has 0 amide bonds. The van der Waals surface area contributed by atoms with Gasteiger partial charge in [-0.15, -0.1) is 0 Å². The number of unbranched alkanes of at least 4 members (excludes halogenated alkanes) is 2. The molecule has 1 N–H and O–H groups in total. The molecule has 27 heavy (non-hydrogen) atoms. The summed E-state index contributed by atoms with van der Waals surface area (Å²) in [4.78, 5) is 11.5. The maximum absolute atomic E-state index is 11.5. The van der Waals surface area contributed by atoms with Gasteiger partial charge in [-0.25, -0.2) is 4.79 Å². The summed E-state index contributed by atoms with van der Waals surface area (Å²) in [7, 11) is 0. The average molecular weight is 366 g/mol. The third kappa shape index (κ3) is 2.97. The Hall–Kier alpha value is -2.49. The zero-order valence-electron chi connectivity index (χ0n) is 16.2. The van der Waals surface area contributed by atoms with E-state index >= 15 is 0 Å². The molecule has 0 saturated carbocycles. The molecule has 0 atom stereocenters. The largest absolute Gasteiger partial charge is 0.492 e. The number of hydrogen-bond acceptors (Lipinski definition) is 3. The van der Waals surface area contributed by atoms with E-state index in [0.29, 0.717) is 6.61 Å². The van der Waals surface area contributed by atoms with Gasteiger partial charge < -0.3 is 14.6 Å². The first-order chi connectivity index (χ1) is 12.9. The Morgan fingerprint density at radius 1 is 1.22 bits per heavy atom. The van der Waals surface area contributed by atoms with Gasteiger partial charge in [-0.1, -0.05) is 25.8 Å². The Morgan fingerprint density at radius 3 is 2.78 bits per heavy atom. The fourth-order valence-electron chi connectivity index (χ4n) is 4.28. The summed E-state index contributed by atoms with van der Waals surface area (Å²) in [6.45, 7) is 6.94. The van der Waals surface area contributed by atoms with Crippen LogP contribution in [0.1, 0.15) is 67.1 Å². The third-order valence-corrected chi connectivity index (χ3v) is 5.64. The van der Waals surface area contributed by atoms with Gasteiger partial charge >= 0.3 is 5.97 Å². The van der Waals surface area contributed by atoms with Crippen LogP contribution in [-0.4, -0.2) is 17.7 Å². The molecule has 0 bridgehead atoms. The number of fused-ring (bicyclic) bond motifs is 5. The number of carboxylic acid groups (broad SMARTS) is 1. The van der Waals surface area contributed by atoms with Crippen molar-refractivity contribution in [2.75, 3.05) is 6.61 Å². The summed E-state index contributed by atoms with van der Waals surface area (Å²) in [6.07, 6.45) is 5.49. The van der Waals surface area contributed by atoms with Crippen molar-refractivity contribution in [2.45, 2.75) is 58.5 Å². The molecule has 0 aromatic heterocycles. The van der Waals surface area contributed by atoms with Crippen molar-refractivity contribution in [1.82, 2.24) is 0 Å². The van der Waals surface area contributed by atoms with Crippen LogP contribution in [0.3, 0.4) is 0 Å². The molecule has 0 radical (unpaired) electrons. The average Bonchev–Trinajstić information content (AvgIpc) is 3.10. The zero-order valence-corrected chi connectivity index (χ0v) is 16.2. The van der Waals surface area contributed by atoms with Crippen LogP contribution in [0, 0.1) is 0 Å². The van der Waals surface area contributed by atoms with E-state index in [0.717, 1.165) is 47.5 Å². The summed E-state index contributed by atoms with van der Waals surface area (Å²) < 4.78 is 12.4. The van der Waals surface area contributed by atoms with Crippen molar-refractivity contribution in [3.63, 3.8) is 0 Å². The summed E-state index contributed by atoms with van der Waals surface area (Å²) >= 11 is 0. The van der Waals surface area contributed by atoms with Crippen molar-refractivity contribution in [1.29, 1.82) is 0 Å². The minimum atomic E-state index is -0.919. The smallest absolute Gasteiger partial charge is 0.335 e. The van der Waals surface area contributed by atoms with Crippen LogP contribution in [0.5, 0.6) is 11.5 Å². The van der Waals surface area contributed by atoms with Crippen LogP contribution in [0.4, 0.5) is 0 Å². The van der Waals surface area contributed by atoms with E-state index in [1.54, 1.807) is 12.1 Å². The Morgan fingerprint density at radius 2 is 2.04 bits per heavy atom. The van der Waals surface area contributed by atoms with Gasteiger partial charge in [-0.05, 0) is 56.0 Å². The minimum Gasteiger partial charge on any atom is -0.492 e. The first kappa shape index (κ1) is 17.9. The fraction of sp³-hybridized carbons (Fsp3) is 0.435. The Kier molecular flexibility index (Phi) is 4.37. The molecule has 4 rings (SSSR count). The molecule has 2 aromatic rings. The second-order valence-electron chi connectivity index (χ2n) is 7.95. The summed E-state index contributed by atoms with van der Waals surface area (Å²) in [5, 5.41) is 9.46. The minimum absolute atomic E-state index is 0.288. The molecule has 2 aliphatic rings. The van der Waals surface area contributed by atoms with Gasteiger partial charge in [0.2, 0.25) is 0 Å². The monoisotopic (exact) mass is 366 g/mol. The van der Waals surface area contributed by atoms with Crippen LogP contribution in [0.15, 0.2) is 24.3 Å². The van der Waals surface area contributed by atoms with E-state index in [2.05, 4.69) is 13.0 Å². The highest BCUT2D eigenvalue weighted by Crippen LogP contribution is 2.53. The lowest BCUT2D eigenvalue weighted by molar-refractivity contribution is 0.0695. The van der Waals surface area contributed by atoms with Gasteiger partial charge in [0.1, 0.15) is 17.1 Å². The number of aromatic carboxylic acids is 1. The molecule has 4 heteroatoms. The van der Waals surface area contributed by atoms with Gasteiger partial charge in [0, 0.05) is 17.5 Å². The second-order valence-corrected chi connectivity index (χ2v) is 7.95. The predicted molar refractivity (Wildman–Crippen MR) is 105 cm³/mol. The lowest BCUT2D eigenvalue weighted by Gasteiger charge is -2.36. The van der Waals surface area contributed by atoms with Crippen molar-refractivity contribution in [3.05, 3.63) is 46.5 Å². The van der Waals surface area contributed by atoms with Crippen LogP contribution in [0.25, 0.3) is 11.1 Å². The van der Waals surface area contributed by atoms with Gasteiger partial charge in [-0.3, -0.25) is 0 Å². The first-order valence-corrected chi connectivity index (χ1v) is 9.81. The topological polar surface area (TPSA) is 55.8 Å². The highest BCUT2D eigenvalue weighted by atomic mass is 16.5. The van der Waals surface area contributed by atoms with Crippen molar-refractivity contribution in [2.24, 2.45) is 0 Å². The molecular weight excluding hydrogens is 340 g/mol. The summed E-state index contributed by atoms with van der Waals surface area (Å²) in [5.41, 5.74) is 5.17. The molecule has 142 valence electrons. The van der Waals surface area contributed by atoms with Crippen molar-refractivity contribution in [3.8, 4) is 22.6 Å².